The molecule has 0 bridgehead atoms. The molecule has 1 aliphatic rings. The monoisotopic (exact) mass is 385 g/mol. The molecule has 29 heavy (non-hydrogen) atoms. The number of benzene rings is 1. The number of aromatic amines is 1. The van der Waals surface area contributed by atoms with E-state index < -0.39 is 6.23 Å². The van der Waals surface area contributed by atoms with Crippen molar-refractivity contribution in [2.24, 2.45) is 5.73 Å². The SMILES string of the molecule is N[C@H]1CCN(C(O)c2cccc(-c3cnc4[nH]c(-c5ccccc5)cc4c3)n2)C1. The van der Waals surface area contributed by atoms with E-state index in [1.54, 1.807) is 0 Å². The zero-order valence-corrected chi connectivity index (χ0v) is 16.0. The molecule has 4 N–H and O–H groups in total. The van der Waals surface area contributed by atoms with Crippen molar-refractivity contribution >= 4 is 11.0 Å². The highest BCUT2D eigenvalue weighted by atomic mass is 16.3. The number of aromatic nitrogens is 3. The lowest BCUT2D eigenvalue weighted by Crippen LogP contribution is -2.30. The predicted octanol–water partition coefficient (Wildman–Crippen LogP) is 3.32. The topological polar surface area (TPSA) is 91.1 Å². The molecule has 1 aliphatic heterocycles. The molecule has 3 aromatic heterocycles. The van der Waals surface area contributed by atoms with Crippen LogP contribution >= 0.6 is 0 Å². The molecule has 0 radical (unpaired) electrons. The van der Waals surface area contributed by atoms with E-state index in [0.717, 1.165) is 46.5 Å². The number of hydrogen-bond acceptors (Lipinski definition) is 5. The molecule has 0 amide bonds. The third-order valence-corrected chi connectivity index (χ3v) is 5.49. The maximum absolute atomic E-state index is 10.7. The summed E-state index contributed by atoms with van der Waals surface area (Å²) < 4.78 is 0. The number of nitrogens with two attached hydrogens (primary N) is 1. The van der Waals surface area contributed by atoms with Gasteiger partial charge in [-0.15, -0.1) is 0 Å². The van der Waals surface area contributed by atoms with Crippen LogP contribution < -0.4 is 5.73 Å². The van der Waals surface area contributed by atoms with Gasteiger partial charge in [-0.05, 0) is 36.2 Å². The van der Waals surface area contributed by atoms with E-state index in [1.807, 2.05) is 47.5 Å². The number of aliphatic hydroxyl groups excluding tert-OH is 1. The molecule has 4 heterocycles. The third kappa shape index (κ3) is 3.53. The van der Waals surface area contributed by atoms with Gasteiger partial charge in [0.2, 0.25) is 0 Å². The van der Waals surface area contributed by atoms with Crippen LogP contribution in [0.2, 0.25) is 0 Å². The van der Waals surface area contributed by atoms with Gasteiger partial charge in [-0.25, -0.2) is 9.97 Å². The number of likely N-dealkylation sites (tertiary alicyclic amines) is 1. The van der Waals surface area contributed by atoms with Crippen LogP contribution in [0, 0.1) is 0 Å². The van der Waals surface area contributed by atoms with Crippen molar-refractivity contribution in [1.29, 1.82) is 0 Å². The summed E-state index contributed by atoms with van der Waals surface area (Å²) in [6.45, 7) is 1.47. The molecule has 1 saturated heterocycles. The average molecular weight is 385 g/mol. The first-order valence-corrected chi connectivity index (χ1v) is 9.86. The van der Waals surface area contributed by atoms with Crippen LogP contribution in [0.4, 0.5) is 0 Å². The van der Waals surface area contributed by atoms with Gasteiger partial charge >= 0.3 is 0 Å². The quantitative estimate of drug-likeness (QED) is 0.501. The molecule has 5 rings (SSSR count). The lowest BCUT2D eigenvalue weighted by molar-refractivity contribution is 0.0148. The Labute approximate surface area is 169 Å². The summed E-state index contributed by atoms with van der Waals surface area (Å²) >= 11 is 0. The van der Waals surface area contributed by atoms with Gasteiger partial charge in [0.05, 0.1) is 11.4 Å². The first-order chi connectivity index (χ1) is 14.2. The van der Waals surface area contributed by atoms with Crippen molar-refractivity contribution in [3.05, 3.63) is 72.6 Å². The lowest BCUT2D eigenvalue weighted by Gasteiger charge is -2.22. The molecule has 1 unspecified atom stereocenters. The molecule has 6 heteroatoms. The zero-order valence-electron chi connectivity index (χ0n) is 16.0. The molecule has 1 fully saturated rings. The van der Waals surface area contributed by atoms with Crippen molar-refractivity contribution < 1.29 is 5.11 Å². The first kappa shape index (κ1) is 18.0. The van der Waals surface area contributed by atoms with Crippen LogP contribution in [0.25, 0.3) is 33.5 Å². The molecular weight excluding hydrogens is 362 g/mol. The van der Waals surface area contributed by atoms with Gasteiger partial charge < -0.3 is 15.8 Å². The minimum Gasteiger partial charge on any atom is -0.372 e. The Kier molecular flexibility index (Phi) is 4.60. The van der Waals surface area contributed by atoms with Crippen LogP contribution in [0.15, 0.2) is 66.9 Å². The maximum atomic E-state index is 10.7. The highest BCUT2D eigenvalue weighted by Gasteiger charge is 2.26. The van der Waals surface area contributed by atoms with Crippen molar-refractivity contribution in [1.82, 2.24) is 19.9 Å². The van der Waals surface area contributed by atoms with E-state index >= 15 is 0 Å². The van der Waals surface area contributed by atoms with Gasteiger partial charge in [-0.2, -0.15) is 0 Å². The summed E-state index contributed by atoms with van der Waals surface area (Å²) in [5.41, 5.74) is 11.3. The normalized spacial score (nSPS) is 18.3. The molecule has 0 spiro atoms. The molecule has 1 aromatic carbocycles. The lowest BCUT2D eigenvalue weighted by atomic mass is 10.1. The summed E-state index contributed by atoms with van der Waals surface area (Å²) in [4.78, 5) is 14.6. The number of rotatable bonds is 4. The highest BCUT2D eigenvalue weighted by molar-refractivity contribution is 5.86. The summed E-state index contributed by atoms with van der Waals surface area (Å²) in [6, 6.07) is 20.2. The number of fused-ring (bicyclic) bond motifs is 1. The molecule has 146 valence electrons. The van der Waals surface area contributed by atoms with E-state index in [1.165, 1.54) is 0 Å². The molecule has 6 nitrogen and oxygen atoms in total. The Morgan fingerprint density at radius 2 is 1.93 bits per heavy atom. The third-order valence-electron chi connectivity index (χ3n) is 5.49. The number of nitrogens with one attached hydrogen (secondary N) is 1. The number of hydrogen-bond donors (Lipinski definition) is 3. The van der Waals surface area contributed by atoms with Gasteiger partial charge in [-0.3, -0.25) is 4.90 Å². The summed E-state index contributed by atoms with van der Waals surface area (Å²) in [7, 11) is 0. The van der Waals surface area contributed by atoms with Gasteiger partial charge in [0.1, 0.15) is 5.65 Å². The van der Waals surface area contributed by atoms with E-state index in [0.29, 0.717) is 12.2 Å². The molecule has 0 saturated carbocycles. The van der Waals surface area contributed by atoms with Crippen LogP contribution in [0.3, 0.4) is 0 Å². The average Bonchev–Trinajstić information content (AvgIpc) is 3.39. The smallest absolute Gasteiger partial charge is 0.150 e. The molecule has 0 aliphatic carbocycles. The van der Waals surface area contributed by atoms with Gasteiger partial charge in [-0.1, -0.05) is 36.4 Å². The number of pyridine rings is 2. The Bertz CT molecular complexity index is 1140. The maximum Gasteiger partial charge on any atom is 0.150 e. The first-order valence-electron chi connectivity index (χ1n) is 9.86. The highest BCUT2D eigenvalue weighted by Crippen LogP contribution is 2.28. The van der Waals surface area contributed by atoms with Crippen LogP contribution in [0.5, 0.6) is 0 Å². The standard InChI is InChI=1S/C23H23N5O/c24-18-9-10-28(14-18)23(29)20-8-4-7-19(26-20)17-11-16-12-21(27-22(16)25-13-17)15-5-2-1-3-6-15/h1-8,11-13,18,23,29H,9-10,14,24H2,(H,25,27)/t18-,23?/m0/s1. The summed E-state index contributed by atoms with van der Waals surface area (Å²) in [5.74, 6) is 0. The van der Waals surface area contributed by atoms with Gasteiger partial charge in [0.15, 0.2) is 6.23 Å². The minimum absolute atomic E-state index is 0.117. The second kappa shape index (κ2) is 7.40. The van der Waals surface area contributed by atoms with E-state index in [9.17, 15) is 5.11 Å². The van der Waals surface area contributed by atoms with E-state index in [2.05, 4.69) is 34.2 Å². The molecular formula is C23H23N5O. The van der Waals surface area contributed by atoms with Crippen molar-refractivity contribution in [2.75, 3.05) is 13.1 Å². The molecule has 2 atom stereocenters. The number of H-pyrrole nitrogens is 1. The fraction of sp³-hybridized carbons (Fsp3) is 0.217. The largest absolute Gasteiger partial charge is 0.372 e. The van der Waals surface area contributed by atoms with Crippen LogP contribution in [-0.4, -0.2) is 44.1 Å². The fourth-order valence-electron chi connectivity index (χ4n) is 3.91. The Balaban J connectivity index is 1.46. The van der Waals surface area contributed by atoms with E-state index in [-0.39, 0.29) is 6.04 Å². The Hall–Kier alpha value is -3.06. The zero-order chi connectivity index (χ0) is 19.8. The minimum atomic E-state index is -0.739. The number of aliphatic hydroxyl groups is 1. The Morgan fingerprint density at radius 1 is 1.07 bits per heavy atom. The van der Waals surface area contributed by atoms with Crippen LogP contribution in [-0.2, 0) is 0 Å². The number of nitrogens with zero attached hydrogens (tertiary/aromatic N) is 3. The van der Waals surface area contributed by atoms with Crippen LogP contribution in [0.1, 0.15) is 18.3 Å². The predicted molar refractivity (Wildman–Crippen MR) is 114 cm³/mol. The summed E-state index contributed by atoms with van der Waals surface area (Å²) in [5, 5.41) is 11.7. The fourth-order valence-corrected chi connectivity index (χ4v) is 3.91. The van der Waals surface area contributed by atoms with Crippen molar-refractivity contribution in [3.8, 4) is 22.5 Å². The summed E-state index contributed by atoms with van der Waals surface area (Å²) in [6.07, 6.45) is 1.98. The van der Waals surface area contributed by atoms with E-state index in [4.69, 9.17) is 10.7 Å². The van der Waals surface area contributed by atoms with Crippen molar-refractivity contribution in [2.45, 2.75) is 18.7 Å². The molecule has 4 aromatic rings. The second-order valence-electron chi connectivity index (χ2n) is 7.58. The van der Waals surface area contributed by atoms with Gasteiger partial charge in [0.25, 0.3) is 0 Å². The Morgan fingerprint density at radius 3 is 2.72 bits per heavy atom. The second-order valence-corrected chi connectivity index (χ2v) is 7.58. The van der Waals surface area contributed by atoms with Crippen molar-refractivity contribution in [3.63, 3.8) is 0 Å². The van der Waals surface area contributed by atoms with Gasteiger partial charge in [0, 0.05) is 42.0 Å².